The van der Waals surface area contributed by atoms with Gasteiger partial charge in [-0.15, -0.1) is 0 Å². The lowest BCUT2D eigenvalue weighted by molar-refractivity contribution is -0.384. The average Bonchev–Trinajstić information content (AvgIpc) is 3.16. The van der Waals surface area contributed by atoms with E-state index in [2.05, 4.69) is 20.8 Å². The smallest absolute Gasteiger partial charge is 0.269 e. The topological polar surface area (TPSA) is 86.9 Å². The molecule has 7 nitrogen and oxygen atoms in total. The minimum atomic E-state index is -0.692. The van der Waals surface area contributed by atoms with Crippen LogP contribution in [0, 0.1) is 10.1 Å². The van der Waals surface area contributed by atoms with Gasteiger partial charge >= 0.3 is 0 Å². The lowest BCUT2D eigenvalue weighted by Gasteiger charge is -2.33. The molecule has 29 heavy (non-hydrogen) atoms. The number of likely N-dealkylation sites (tertiary alicyclic amines) is 1. The molecule has 0 spiro atoms. The number of alkyl halides is 1. The zero-order valence-corrected chi connectivity index (χ0v) is 17.7. The fourth-order valence-electron chi connectivity index (χ4n) is 3.62. The van der Waals surface area contributed by atoms with Crippen LogP contribution in [0.5, 0.6) is 0 Å². The van der Waals surface area contributed by atoms with E-state index in [-0.39, 0.29) is 23.7 Å². The van der Waals surface area contributed by atoms with Gasteiger partial charge in [-0.05, 0) is 17.5 Å². The van der Waals surface area contributed by atoms with Gasteiger partial charge in [0.15, 0.2) is 0 Å². The highest BCUT2D eigenvalue weighted by Gasteiger charge is 2.31. The highest BCUT2D eigenvalue weighted by atomic mass is 79.9. The number of amides is 1. The van der Waals surface area contributed by atoms with Gasteiger partial charge in [0.2, 0.25) is 5.91 Å². The molecule has 0 aromatic heterocycles. The first-order chi connectivity index (χ1) is 13.9. The Bertz CT molecular complexity index is 864. The van der Waals surface area contributed by atoms with Crippen LogP contribution in [0.2, 0.25) is 0 Å². The van der Waals surface area contributed by atoms with Gasteiger partial charge in [-0.3, -0.25) is 19.8 Å². The standard InChI is InChI=1S/C21H24BrN3O4/c1-23(21(27)20(22)16-8-5-9-17(12-16)25(28)29)19(15-6-3-2-4-7-15)14-24-11-10-18(26)13-24/h2-9,12,18-20,26H,10-11,13-14H2,1H3. The zero-order chi connectivity index (χ0) is 21.0. The number of hydrogen-bond donors (Lipinski definition) is 1. The van der Waals surface area contributed by atoms with Crippen LogP contribution < -0.4 is 0 Å². The minimum absolute atomic E-state index is 0.0481. The summed E-state index contributed by atoms with van der Waals surface area (Å²) < 4.78 is 0. The van der Waals surface area contributed by atoms with Gasteiger partial charge < -0.3 is 10.0 Å². The Morgan fingerprint density at radius 3 is 2.59 bits per heavy atom. The summed E-state index contributed by atoms with van der Waals surface area (Å²) in [6.07, 6.45) is 0.398. The second-order valence-corrected chi connectivity index (χ2v) is 8.21. The number of aliphatic hydroxyl groups is 1. The monoisotopic (exact) mass is 461 g/mol. The molecule has 3 atom stereocenters. The first kappa shape index (κ1) is 21.4. The van der Waals surface area contributed by atoms with Crippen LogP contribution in [0.15, 0.2) is 54.6 Å². The van der Waals surface area contributed by atoms with E-state index < -0.39 is 9.75 Å². The van der Waals surface area contributed by atoms with Gasteiger partial charge in [-0.1, -0.05) is 58.4 Å². The van der Waals surface area contributed by atoms with E-state index in [0.29, 0.717) is 18.7 Å². The van der Waals surface area contributed by atoms with E-state index in [0.717, 1.165) is 18.5 Å². The predicted octanol–water partition coefficient (Wildman–Crippen LogP) is 3.30. The molecule has 0 aliphatic carbocycles. The van der Waals surface area contributed by atoms with Crippen molar-refractivity contribution in [2.75, 3.05) is 26.7 Å². The summed E-state index contributed by atoms with van der Waals surface area (Å²) in [5, 5.41) is 20.9. The molecule has 1 aliphatic rings. The number of rotatable bonds is 7. The molecule has 3 rings (SSSR count). The molecular formula is C21H24BrN3O4. The molecule has 1 saturated heterocycles. The van der Waals surface area contributed by atoms with Crippen LogP contribution >= 0.6 is 15.9 Å². The Morgan fingerprint density at radius 2 is 1.97 bits per heavy atom. The Labute approximate surface area is 178 Å². The number of carbonyl (C=O) groups excluding carboxylic acids is 1. The van der Waals surface area contributed by atoms with Gasteiger partial charge in [0.1, 0.15) is 4.83 Å². The van der Waals surface area contributed by atoms with Crippen LogP contribution in [0.4, 0.5) is 5.69 Å². The van der Waals surface area contributed by atoms with Crippen LogP contribution in [-0.4, -0.2) is 58.5 Å². The van der Waals surface area contributed by atoms with E-state index >= 15 is 0 Å². The van der Waals surface area contributed by atoms with E-state index in [1.807, 2.05) is 30.3 Å². The lowest BCUT2D eigenvalue weighted by atomic mass is 10.0. The third-order valence-electron chi connectivity index (χ3n) is 5.27. The number of nitro groups is 1. The normalized spacial score (nSPS) is 18.9. The first-order valence-corrected chi connectivity index (χ1v) is 10.4. The van der Waals surface area contributed by atoms with E-state index in [1.165, 1.54) is 12.1 Å². The van der Waals surface area contributed by atoms with Crippen molar-refractivity contribution in [3.63, 3.8) is 0 Å². The molecule has 3 unspecified atom stereocenters. The fraction of sp³-hybridized carbons (Fsp3) is 0.381. The molecule has 154 valence electrons. The minimum Gasteiger partial charge on any atom is -0.392 e. The first-order valence-electron chi connectivity index (χ1n) is 9.47. The number of nitro benzene ring substituents is 1. The molecule has 1 fully saturated rings. The summed E-state index contributed by atoms with van der Waals surface area (Å²) in [6, 6.07) is 15.7. The third-order valence-corrected chi connectivity index (χ3v) is 6.19. The highest BCUT2D eigenvalue weighted by molar-refractivity contribution is 9.09. The quantitative estimate of drug-likeness (QED) is 0.388. The van der Waals surface area contributed by atoms with Gasteiger partial charge in [0.05, 0.1) is 17.1 Å². The predicted molar refractivity (Wildman–Crippen MR) is 114 cm³/mol. The van der Waals surface area contributed by atoms with Crippen molar-refractivity contribution in [3.8, 4) is 0 Å². The van der Waals surface area contributed by atoms with Gasteiger partial charge in [-0.25, -0.2) is 0 Å². The summed E-state index contributed by atoms with van der Waals surface area (Å²) in [5.41, 5.74) is 1.50. The number of likely N-dealkylation sites (N-methyl/N-ethyl adjacent to an activating group) is 1. The molecule has 0 radical (unpaired) electrons. The number of β-amino-alcohol motifs (C(OH)–C–C–N with tert-alkyl or cyclic N) is 1. The molecule has 2 aromatic rings. The lowest BCUT2D eigenvalue weighted by Crippen LogP contribution is -2.40. The molecule has 1 heterocycles. The summed E-state index contributed by atoms with van der Waals surface area (Å²) in [5.74, 6) is -0.181. The summed E-state index contributed by atoms with van der Waals surface area (Å²) >= 11 is 3.43. The van der Waals surface area contributed by atoms with Gasteiger partial charge in [-0.2, -0.15) is 0 Å². The van der Waals surface area contributed by atoms with Crippen molar-refractivity contribution in [2.45, 2.75) is 23.4 Å². The number of hydrogen-bond acceptors (Lipinski definition) is 5. The number of halogens is 1. The number of nitrogens with zero attached hydrogens (tertiary/aromatic N) is 3. The fourth-order valence-corrected chi connectivity index (χ4v) is 4.23. The number of aliphatic hydroxyl groups excluding tert-OH is 1. The van der Waals surface area contributed by atoms with Crippen LogP contribution in [0.3, 0.4) is 0 Å². The van der Waals surface area contributed by atoms with Crippen molar-refractivity contribution in [1.82, 2.24) is 9.80 Å². The van der Waals surface area contributed by atoms with E-state index in [4.69, 9.17) is 0 Å². The van der Waals surface area contributed by atoms with Crippen molar-refractivity contribution in [1.29, 1.82) is 0 Å². The second kappa shape index (κ2) is 9.47. The SMILES string of the molecule is CN(C(=O)C(Br)c1cccc([N+](=O)[O-])c1)C(CN1CCC(O)C1)c1ccccc1. The molecule has 1 aliphatic heterocycles. The maximum Gasteiger partial charge on any atom is 0.269 e. The zero-order valence-electron chi connectivity index (χ0n) is 16.1. The Balaban J connectivity index is 1.82. The Morgan fingerprint density at radius 1 is 1.28 bits per heavy atom. The molecule has 0 saturated carbocycles. The van der Waals surface area contributed by atoms with Crippen LogP contribution in [-0.2, 0) is 4.79 Å². The van der Waals surface area contributed by atoms with Crippen molar-refractivity contribution < 1.29 is 14.8 Å². The van der Waals surface area contributed by atoms with Crippen LogP contribution in [0.1, 0.15) is 28.4 Å². The van der Waals surface area contributed by atoms with Crippen molar-refractivity contribution >= 4 is 27.5 Å². The molecular weight excluding hydrogens is 438 g/mol. The van der Waals surface area contributed by atoms with E-state index in [1.54, 1.807) is 24.1 Å². The largest absolute Gasteiger partial charge is 0.392 e. The molecule has 1 amide bonds. The number of carbonyl (C=O) groups is 1. The molecule has 2 aromatic carbocycles. The number of benzene rings is 2. The van der Waals surface area contributed by atoms with Crippen molar-refractivity contribution in [3.05, 3.63) is 75.8 Å². The number of non-ortho nitro benzene ring substituents is 1. The average molecular weight is 462 g/mol. The molecule has 1 N–H and O–H groups in total. The maximum atomic E-state index is 13.2. The summed E-state index contributed by atoms with van der Waals surface area (Å²) in [6.45, 7) is 1.99. The van der Waals surface area contributed by atoms with Gasteiger partial charge in [0.25, 0.3) is 5.69 Å². The Hall–Kier alpha value is -2.29. The molecule has 8 heteroatoms. The Kier molecular flexibility index (Phi) is 7.00. The maximum absolute atomic E-state index is 13.2. The summed E-state index contributed by atoms with van der Waals surface area (Å²) in [7, 11) is 1.75. The summed E-state index contributed by atoms with van der Waals surface area (Å²) in [4.78, 5) is 27.0. The third kappa shape index (κ3) is 5.20. The second-order valence-electron chi connectivity index (χ2n) is 7.29. The van der Waals surface area contributed by atoms with E-state index in [9.17, 15) is 20.0 Å². The van der Waals surface area contributed by atoms with Crippen LogP contribution in [0.25, 0.3) is 0 Å². The van der Waals surface area contributed by atoms with Crippen molar-refractivity contribution in [2.24, 2.45) is 0 Å². The van der Waals surface area contributed by atoms with Gasteiger partial charge in [0, 0.05) is 38.8 Å². The highest BCUT2D eigenvalue weighted by Crippen LogP contribution is 2.31. The molecule has 0 bridgehead atoms.